The summed E-state index contributed by atoms with van der Waals surface area (Å²) in [6, 6.07) is 4.73. The van der Waals surface area contributed by atoms with E-state index in [4.69, 9.17) is 0 Å². The zero-order valence-electron chi connectivity index (χ0n) is 11.8. The van der Waals surface area contributed by atoms with E-state index < -0.39 is 24.1 Å². The number of para-hydroxylation sites is 1. The third-order valence-corrected chi connectivity index (χ3v) is 3.46. The summed E-state index contributed by atoms with van der Waals surface area (Å²) in [4.78, 5) is 36.3. The number of rotatable bonds is 3. The normalized spacial score (nSPS) is 17.8. The van der Waals surface area contributed by atoms with Crippen molar-refractivity contribution < 1.29 is 19.5 Å². The van der Waals surface area contributed by atoms with Gasteiger partial charge in [0.05, 0.1) is 0 Å². The van der Waals surface area contributed by atoms with Gasteiger partial charge in [-0.2, -0.15) is 0 Å². The second-order valence-electron chi connectivity index (χ2n) is 4.84. The average molecular weight is 291 g/mol. The topological polar surface area (TPSA) is 98.7 Å². The van der Waals surface area contributed by atoms with Crippen molar-refractivity contribution in [2.45, 2.75) is 25.4 Å². The van der Waals surface area contributed by atoms with E-state index in [1.807, 2.05) is 0 Å². The van der Waals surface area contributed by atoms with Gasteiger partial charge in [-0.3, -0.25) is 9.69 Å². The summed E-state index contributed by atoms with van der Waals surface area (Å²) in [5, 5.41) is 14.2. The minimum Gasteiger partial charge on any atom is -0.480 e. The highest BCUT2D eigenvalue weighted by Gasteiger charge is 2.38. The third-order valence-electron chi connectivity index (χ3n) is 3.46. The summed E-state index contributed by atoms with van der Waals surface area (Å²) in [5.74, 6) is -1.42. The van der Waals surface area contributed by atoms with Crippen LogP contribution in [-0.2, 0) is 16.0 Å². The average Bonchev–Trinajstić information content (AvgIpc) is 2.85. The molecular weight excluding hydrogens is 274 g/mol. The summed E-state index contributed by atoms with van der Waals surface area (Å²) in [6.45, 7) is 1.54. The van der Waals surface area contributed by atoms with Crippen LogP contribution < -0.4 is 15.5 Å². The lowest BCUT2D eigenvalue weighted by Gasteiger charge is -2.24. The molecule has 1 aromatic rings. The van der Waals surface area contributed by atoms with Gasteiger partial charge in [-0.05, 0) is 18.6 Å². The highest BCUT2D eigenvalue weighted by atomic mass is 16.4. The van der Waals surface area contributed by atoms with Crippen LogP contribution >= 0.6 is 0 Å². The van der Waals surface area contributed by atoms with Crippen LogP contribution in [0.2, 0.25) is 0 Å². The van der Waals surface area contributed by atoms with Crippen LogP contribution in [0.3, 0.4) is 0 Å². The molecule has 2 atom stereocenters. The molecule has 0 radical (unpaired) electrons. The fraction of sp³-hybridized carbons (Fsp3) is 0.357. The summed E-state index contributed by atoms with van der Waals surface area (Å²) < 4.78 is 0. The van der Waals surface area contributed by atoms with Crippen molar-refractivity contribution in [3.8, 4) is 0 Å². The Kier molecular flexibility index (Phi) is 4.11. The van der Waals surface area contributed by atoms with Crippen LogP contribution in [0.5, 0.6) is 0 Å². The Bertz CT molecular complexity index is 587. The van der Waals surface area contributed by atoms with E-state index in [2.05, 4.69) is 10.6 Å². The molecule has 2 rings (SSSR count). The van der Waals surface area contributed by atoms with Crippen molar-refractivity contribution in [3.05, 3.63) is 29.8 Å². The van der Waals surface area contributed by atoms with Crippen molar-refractivity contribution in [1.29, 1.82) is 0 Å². The van der Waals surface area contributed by atoms with Crippen LogP contribution in [0.25, 0.3) is 0 Å². The molecule has 0 saturated carbocycles. The van der Waals surface area contributed by atoms with Gasteiger partial charge < -0.3 is 15.7 Å². The summed E-state index contributed by atoms with van der Waals surface area (Å²) in [6.07, 6.45) is 0.257. The van der Waals surface area contributed by atoms with Crippen molar-refractivity contribution in [1.82, 2.24) is 10.6 Å². The third kappa shape index (κ3) is 2.81. The Hall–Kier alpha value is -2.57. The summed E-state index contributed by atoms with van der Waals surface area (Å²) in [5.41, 5.74) is 1.36. The highest BCUT2D eigenvalue weighted by molar-refractivity contribution is 6.02. The number of aliphatic carboxylic acids is 1. The maximum atomic E-state index is 12.3. The number of hydrogen-bond donors (Lipinski definition) is 3. The molecular formula is C14H17N3O4. The molecule has 3 amide bonds. The lowest BCUT2D eigenvalue weighted by molar-refractivity contribution is -0.138. The fourth-order valence-electron chi connectivity index (χ4n) is 2.37. The number of nitrogens with zero attached hydrogens (tertiary/aromatic N) is 1. The van der Waals surface area contributed by atoms with Gasteiger partial charge in [-0.25, -0.2) is 9.59 Å². The Morgan fingerprint density at radius 2 is 2.00 bits per heavy atom. The Morgan fingerprint density at radius 1 is 1.33 bits per heavy atom. The molecule has 21 heavy (non-hydrogen) atoms. The number of carbonyl (C=O) groups excluding carboxylic acids is 2. The van der Waals surface area contributed by atoms with E-state index >= 15 is 0 Å². The lowest BCUT2D eigenvalue weighted by Crippen LogP contribution is -2.53. The maximum Gasteiger partial charge on any atom is 0.327 e. The zero-order chi connectivity index (χ0) is 15.6. The van der Waals surface area contributed by atoms with Gasteiger partial charge in [0.15, 0.2) is 0 Å². The van der Waals surface area contributed by atoms with Gasteiger partial charge in [-0.15, -0.1) is 0 Å². The molecule has 7 nitrogen and oxygen atoms in total. The first-order chi connectivity index (χ1) is 9.95. The van der Waals surface area contributed by atoms with Crippen LogP contribution in [0, 0.1) is 0 Å². The number of amides is 3. The molecule has 0 bridgehead atoms. The minimum absolute atomic E-state index is 0.257. The number of benzene rings is 1. The molecule has 1 aliphatic rings. The number of carboxylic acid groups (broad SMARTS) is 1. The number of anilines is 1. The first-order valence-corrected chi connectivity index (χ1v) is 6.57. The highest BCUT2D eigenvalue weighted by Crippen LogP contribution is 2.32. The lowest BCUT2D eigenvalue weighted by atomic mass is 10.1. The molecule has 0 aromatic heterocycles. The molecule has 0 spiro atoms. The van der Waals surface area contributed by atoms with Gasteiger partial charge in [0.2, 0.25) is 5.91 Å². The number of carbonyl (C=O) groups is 3. The smallest absolute Gasteiger partial charge is 0.327 e. The zero-order valence-corrected chi connectivity index (χ0v) is 11.8. The Balaban J connectivity index is 2.24. The second kappa shape index (κ2) is 5.82. The van der Waals surface area contributed by atoms with E-state index in [9.17, 15) is 19.5 Å². The van der Waals surface area contributed by atoms with Crippen LogP contribution in [0.4, 0.5) is 10.5 Å². The van der Waals surface area contributed by atoms with E-state index in [-0.39, 0.29) is 12.3 Å². The number of likely N-dealkylation sites (N-methyl/N-ethyl adjacent to an activating group) is 1. The molecule has 1 aliphatic heterocycles. The summed E-state index contributed by atoms with van der Waals surface area (Å²) >= 11 is 0. The van der Waals surface area contributed by atoms with E-state index in [0.29, 0.717) is 5.69 Å². The van der Waals surface area contributed by atoms with Crippen molar-refractivity contribution in [2.24, 2.45) is 0 Å². The van der Waals surface area contributed by atoms with E-state index in [1.54, 1.807) is 24.3 Å². The van der Waals surface area contributed by atoms with Crippen LogP contribution in [-0.4, -0.2) is 42.1 Å². The first kappa shape index (κ1) is 14.8. The first-order valence-electron chi connectivity index (χ1n) is 6.57. The van der Waals surface area contributed by atoms with E-state index in [0.717, 1.165) is 5.56 Å². The molecule has 1 unspecified atom stereocenters. The summed E-state index contributed by atoms with van der Waals surface area (Å²) in [7, 11) is 1.47. The van der Waals surface area contributed by atoms with Gasteiger partial charge in [0, 0.05) is 19.2 Å². The van der Waals surface area contributed by atoms with Gasteiger partial charge in [-0.1, -0.05) is 18.2 Å². The van der Waals surface area contributed by atoms with Crippen molar-refractivity contribution >= 4 is 23.6 Å². The number of nitrogens with one attached hydrogen (secondary N) is 2. The van der Waals surface area contributed by atoms with Crippen molar-refractivity contribution in [2.75, 3.05) is 11.9 Å². The predicted molar refractivity (Wildman–Crippen MR) is 76.1 cm³/mol. The minimum atomic E-state index is -1.08. The molecule has 112 valence electrons. The predicted octanol–water partition coefficient (Wildman–Crippen LogP) is 0.346. The Labute approximate surface area is 121 Å². The van der Waals surface area contributed by atoms with Crippen LogP contribution in [0.15, 0.2) is 24.3 Å². The molecule has 0 saturated heterocycles. The Morgan fingerprint density at radius 3 is 2.62 bits per heavy atom. The van der Waals surface area contributed by atoms with Gasteiger partial charge in [0.25, 0.3) is 0 Å². The monoisotopic (exact) mass is 291 g/mol. The number of hydrogen-bond acceptors (Lipinski definition) is 3. The van der Waals surface area contributed by atoms with Gasteiger partial charge in [0.1, 0.15) is 12.1 Å². The molecule has 3 N–H and O–H groups in total. The fourth-order valence-corrected chi connectivity index (χ4v) is 2.37. The number of urea groups is 1. The molecule has 0 fully saturated rings. The van der Waals surface area contributed by atoms with E-state index in [1.165, 1.54) is 18.9 Å². The maximum absolute atomic E-state index is 12.3. The molecule has 1 aromatic carbocycles. The number of carboxylic acids is 1. The molecule has 7 heteroatoms. The quantitative estimate of drug-likeness (QED) is 0.748. The number of fused-ring (bicyclic) bond motifs is 1. The largest absolute Gasteiger partial charge is 0.480 e. The standard InChI is InChI=1S/C14H17N3O4/c1-8(12(18)15-2)16-14(21)17-10-6-4-3-5-9(10)7-11(17)13(19)20/h3-6,8,11H,7H2,1-2H3,(H,15,18)(H,16,21)(H,19,20)/t8?,11-/m0/s1. The SMILES string of the molecule is CNC(=O)C(C)NC(=O)N1c2ccccc2C[C@H]1C(=O)O. The van der Waals surface area contributed by atoms with Gasteiger partial charge >= 0.3 is 12.0 Å². The molecule has 0 aliphatic carbocycles. The second-order valence-corrected chi connectivity index (χ2v) is 4.84. The van der Waals surface area contributed by atoms with Crippen LogP contribution in [0.1, 0.15) is 12.5 Å². The molecule has 1 heterocycles. The van der Waals surface area contributed by atoms with Crippen molar-refractivity contribution in [3.63, 3.8) is 0 Å².